The van der Waals surface area contributed by atoms with Crippen LogP contribution in [0.1, 0.15) is 74.3 Å². The van der Waals surface area contributed by atoms with Gasteiger partial charge < -0.3 is 4.74 Å². The van der Waals surface area contributed by atoms with Crippen LogP contribution < -0.4 is 5.69 Å². The molecule has 0 radical (unpaired) electrons. The average Bonchev–Trinajstić information content (AvgIpc) is 3.33. The quantitative estimate of drug-likeness (QED) is 0.328. The molecule has 0 aliphatic heterocycles. The number of hydrogen-bond donors (Lipinski definition) is 1. The maximum Gasteiger partial charge on any atom is 0.416 e. The molecule has 1 aliphatic carbocycles. The molecule has 1 aromatic heterocycles. The van der Waals surface area contributed by atoms with E-state index in [1.54, 1.807) is 4.57 Å². The van der Waals surface area contributed by atoms with E-state index in [0.717, 1.165) is 5.56 Å². The van der Waals surface area contributed by atoms with Crippen molar-refractivity contribution in [3.63, 3.8) is 0 Å². The molecule has 1 aliphatic rings. The molecule has 0 bridgehead atoms. The molecule has 2 aromatic carbocycles. The van der Waals surface area contributed by atoms with Crippen LogP contribution in [0.15, 0.2) is 59.7 Å². The fourth-order valence-corrected chi connectivity index (χ4v) is 5.45. The number of H-pyrrole nitrogens is 1. The summed E-state index contributed by atoms with van der Waals surface area (Å²) in [5.41, 5.74) is -3.24. The van der Waals surface area contributed by atoms with Crippen LogP contribution in [0, 0.1) is 0 Å². The Labute approximate surface area is 215 Å². The van der Waals surface area contributed by atoms with E-state index in [1.165, 1.54) is 13.3 Å². The number of benzene rings is 2. The van der Waals surface area contributed by atoms with Gasteiger partial charge in [0.2, 0.25) is 0 Å². The van der Waals surface area contributed by atoms with Gasteiger partial charge in [0.05, 0.1) is 29.4 Å². The van der Waals surface area contributed by atoms with Gasteiger partial charge in [0.1, 0.15) is 6.33 Å². The predicted octanol–water partition coefficient (Wildman–Crippen LogP) is 7.00. The molecule has 3 aromatic rings. The van der Waals surface area contributed by atoms with Crippen LogP contribution in [-0.4, -0.2) is 21.4 Å². The highest BCUT2D eigenvalue weighted by Gasteiger charge is 2.45. The summed E-state index contributed by atoms with van der Waals surface area (Å²) >= 11 is 0. The van der Waals surface area contributed by atoms with Crippen LogP contribution in [0.5, 0.6) is 0 Å². The minimum absolute atomic E-state index is 0.0931. The van der Waals surface area contributed by atoms with E-state index in [-0.39, 0.29) is 23.9 Å². The van der Waals surface area contributed by atoms with Gasteiger partial charge in [-0.05, 0) is 68.4 Å². The highest BCUT2D eigenvalue weighted by molar-refractivity contribution is 5.35. The molecule has 0 amide bonds. The Morgan fingerprint density at radius 1 is 0.974 bits per heavy atom. The molecule has 11 heteroatoms. The van der Waals surface area contributed by atoms with E-state index in [4.69, 9.17) is 4.74 Å². The molecule has 1 fully saturated rings. The van der Waals surface area contributed by atoms with Gasteiger partial charge in [0.25, 0.3) is 0 Å². The standard InChI is InChI=1S/C27H29F6N3O2/c1-3-25(36-17-34-35-23(36)37)11-9-24(10-12-25,20-7-5-4-6-8-20)16-38-18(2)19-13-21(26(28,29)30)15-22(14-19)27(31,32)33/h4-8,13-15,17-18H,3,9-12,16H2,1-2H3,(H,35,37)/t18-,24?,25?/m1/s1. The Morgan fingerprint density at radius 3 is 2.03 bits per heavy atom. The number of hydrogen-bond acceptors (Lipinski definition) is 3. The first kappa shape index (κ1) is 27.9. The molecule has 38 heavy (non-hydrogen) atoms. The normalized spacial score (nSPS) is 23.4. The first-order valence-electron chi connectivity index (χ1n) is 12.4. The highest BCUT2D eigenvalue weighted by Crippen LogP contribution is 2.48. The van der Waals surface area contributed by atoms with Crippen molar-refractivity contribution in [2.45, 2.75) is 75.4 Å². The minimum atomic E-state index is -4.93. The second kappa shape index (κ2) is 10.2. The second-order valence-electron chi connectivity index (χ2n) is 10.0. The van der Waals surface area contributed by atoms with Crippen LogP contribution in [0.2, 0.25) is 0 Å². The number of rotatable bonds is 7. The van der Waals surface area contributed by atoms with E-state index in [0.29, 0.717) is 44.2 Å². The van der Waals surface area contributed by atoms with Crippen molar-refractivity contribution in [1.29, 1.82) is 0 Å². The summed E-state index contributed by atoms with van der Waals surface area (Å²) < 4.78 is 87.9. The fourth-order valence-electron chi connectivity index (χ4n) is 5.45. The summed E-state index contributed by atoms with van der Waals surface area (Å²) in [6.45, 7) is 3.55. The zero-order valence-corrected chi connectivity index (χ0v) is 21.0. The van der Waals surface area contributed by atoms with E-state index in [1.807, 2.05) is 37.3 Å². The van der Waals surface area contributed by atoms with E-state index in [9.17, 15) is 31.1 Å². The van der Waals surface area contributed by atoms with Gasteiger partial charge in [-0.1, -0.05) is 37.3 Å². The molecule has 1 heterocycles. The summed E-state index contributed by atoms with van der Waals surface area (Å²) in [6.07, 6.45) is -6.25. The Balaban J connectivity index is 1.62. The van der Waals surface area contributed by atoms with Crippen molar-refractivity contribution in [1.82, 2.24) is 14.8 Å². The predicted molar refractivity (Wildman–Crippen MR) is 129 cm³/mol. The third-order valence-corrected chi connectivity index (χ3v) is 7.93. The van der Waals surface area contributed by atoms with Crippen LogP contribution in [0.25, 0.3) is 0 Å². The van der Waals surface area contributed by atoms with Crippen molar-refractivity contribution in [2.24, 2.45) is 0 Å². The molecule has 206 valence electrons. The van der Waals surface area contributed by atoms with Crippen molar-refractivity contribution in [2.75, 3.05) is 6.61 Å². The molecule has 5 nitrogen and oxygen atoms in total. The lowest BCUT2D eigenvalue weighted by atomic mass is 9.63. The summed E-state index contributed by atoms with van der Waals surface area (Å²) in [7, 11) is 0. The van der Waals surface area contributed by atoms with Crippen LogP contribution in [-0.2, 0) is 28.0 Å². The summed E-state index contributed by atoms with van der Waals surface area (Å²) in [6, 6.07) is 11.1. The zero-order valence-electron chi connectivity index (χ0n) is 21.0. The van der Waals surface area contributed by atoms with Crippen molar-refractivity contribution < 1.29 is 31.1 Å². The lowest BCUT2D eigenvalue weighted by Crippen LogP contribution is -2.47. The monoisotopic (exact) mass is 541 g/mol. The maximum absolute atomic E-state index is 13.4. The lowest BCUT2D eigenvalue weighted by Gasteiger charge is -2.47. The van der Waals surface area contributed by atoms with E-state index in [2.05, 4.69) is 10.2 Å². The smallest absolute Gasteiger partial charge is 0.373 e. The highest BCUT2D eigenvalue weighted by atomic mass is 19.4. The van der Waals surface area contributed by atoms with Crippen molar-refractivity contribution >= 4 is 0 Å². The van der Waals surface area contributed by atoms with E-state index >= 15 is 0 Å². The summed E-state index contributed by atoms with van der Waals surface area (Å²) in [5.74, 6) is 0. The van der Waals surface area contributed by atoms with Crippen LogP contribution >= 0.6 is 0 Å². The molecule has 1 N–H and O–H groups in total. The van der Waals surface area contributed by atoms with Gasteiger partial charge in [-0.25, -0.2) is 9.89 Å². The molecule has 4 rings (SSSR count). The fraction of sp³-hybridized carbons (Fsp3) is 0.481. The Morgan fingerprint density at radius 2 is 1.55 bits per heavy atom. The Bertz CT molecular complexity index is 1260. The van der Waals surface area contributed by atoms with Gasteiger partial charge in [0.15, 0.2) is 0 Å². The number of ether oxygens (including phenoxy) is 1. The first-order chi connectivity index (χ1) is 17.8. The summed E-state index contributed by atoms with van der Waals surface area (Å²) in [4.78, 5) is 12.3. The first-order valence-corrected chi connectivity index (χ1v) is 12.4. The molecular weight excluding hydrogens is 512 g/mol. The third-order valence-electron chi connectivity index (χ3n) is 7.93. The van der Waals surface area contributed by atoms with Gasteiger partial charge in [-0.15, -0.1) is 0 Å². The lowest BCUT2D eigenvalue weighted by molar-refractivity contribution is -0.143. The van der Waals surface area contributed by atoms with E-state index < -0.39 is 40.5 Å². The average molecular weight is 542 g/mol. The third kappa shape index (κ3) is 5.52. The number of alkyl halides is 6. The molecule has 0 saturated heterocycles. The summed E-state index contributed by atoms with van der Waals surface area (Å²) in [5, 5.41) is 6.31. The largest absolute Gasteiger partial charge is 0.416 e. The zero-order chi connectivity index (χ0) is 27.8. The topological polar surface area (TPSA) is 59.9 Å². The Hall–Kier alpha value is -3.08. The maximum atomic E-state index is 13.4. The van der Waals surface area contributed by atoms with Gasteiger partial charge in [-0.2, -0.15) is 31.4 Å². The number of nitrogens with one attached hydrogen (secondary N) is 1. The van der Waals surface area contributed by atoms with Crippen molar-refractivity contribution in [3.8, 4) is 0 Å². The molecule has 0 unspecified atom stereocenters. The Kier molecular flexibility index (Phi) is 7.53. The minimum Gasteiger partial charge on any atom is -0.373 e. The molecule has 0 spiro atoms. The SMILES string of the molecule is CCC1(n2cn[nH]c2=O)CCC(CO[C@H](C)c2cc(C(F)(F)F)cc(C(F)(F)F)c2)(c2ccccc2)CC1. The van der Waals surface area contributed by atoms with Crippen LogP contribution in [0.4, 0.5) is 26.3 Å². The van der Waals surface area contributed by atoms with Gasteiger partial charge in [-0.3, -0.25) is 4.57 Å². The number of aromatic nitrogens is 3. The van der Waals surface area contributed by atoms with Gasteiger partial charge in [0, 0.05) is 5.41 Å². The number of halogens is 6. The van der Waals surface area contributed by atoms with Crippen molar-refractivity contribution in [3.05, 3.63) is 87.6 Å². The second-order valence-corrected chi connectivity index (χ2v) is 10.0. The molecular formula is C27H29F6N3O2. The molecule has 1 saturated carbocycles. The van der Waals surface area contributed by atoms with Gasteiger partial charge >= 0.3 is 18.0 Å². The molecule has 1 atom stereocenters. The number of nitrogens with zero attached hydrogens (tertiary/aromatic N) is 2. The van der Waals surface area contributed by atoms with Crippen LogP contribution in [0.3, 0.4) is 0 Å². The number of aromatic amines is 1.